The van der Waals surface area contributed by atoms with Gasteiger partial charge in [0.1, 0.15) is 0 Å². The van der Waals surface area contributed by atoms with Gasteiger partial charge in [-0.05, 0) is 0 Å². The van der Waals surface area contributed by atoms with E-state index in [-0.39, 0.29) is 0 Å². The molecule has 0 radical (unpaired) electrons. The molecular formula is C10HF19O2. The number of halogens is 19. The number of hydrogen-bond acceptors (Lipinski definition) is 1. The second kappa shape index (κ2) is 6.82. The third-order valence-corrected chi connectivity index (χ3v) is 3.45. The summed E-state index contributed by atoms with van der Waals surface area (Å²) < 4.78 is 242. The third kappa shape index (κ3) is 3.32. The summed E-state index contributed by atoms with van der Waals surface area (Å²) in [5, 5.41) is 7.77. The first-order chi connectivity index (χ1) is 12.9. The number of aliphatic carboxylic acids is 1. The number of alkyl halides is 19. The average molecular weight is 514 g/mol. The molecule has 0 rings (SSSR count). The molecule has 0 fully saturated rings. The minimum absolute atomic E-state index is 4.82. The summed E-state index contributed by atoms with van der Waals surface area (Å²) in [6.07, 6.45) is -15.8. The Morgan fingerprint density at radius 2 is 0.613 bits per heavy atom. The van der Waals surface area contributed by atoms with E-state index < -0.39 is 59.5 Å². The standard InChI is InChI=1S/C10HF19O2/c11-2(1(30)31,9(24,25)26)3(12,13)4(14,15)5(16,17)6(18,19)7(20,21)8(22,23)10(27,28)29/h(H,30,31). The fourth-order valence-electron chi connectivity index (χ4n) is 1.62. The second-order valence-electron chi connectivity index (χ2n) is 5.41. The van der Waals surface area contributed by atoms with E-state index in [2.05, 4.69) is 0 Å². The minimum atomic E-state index is -9.06. The zero-order valence-corrected chi connectivity index (χ0v) is 13.0. The largest absolute Gasteiger partial charge is 0.478 e. The molecule has 21 heteroatoms. The summed E-state index contributed by atoms with van der Waals surface area (Å²) in [7, 11) is 0. The SMILES string of the molecule is O=C(O)C(F)(C(F)(F)F)C(F)(F)C(F)(F)C(F)(F)C(F)(F)C(F)(F)C(F)(F)C(F)(F)F. The third-order valence-electron chi connectivity index (χ3n) is 3.45. The van der Waals surface area contributed by atoms with Gasteiger partial charge in [0.2, 0.25) is 0 Å². The summed E-state index contributed by atoms with van der Waals surface area (Å²) in [4.78, 5) is 10.1. The first-order valence-electron chi connectivity index (χ1n) is 6.27. The number of carboxylic acid groups (broad SMARTS) is 1. The Bertz CT molecular complexity index is 699. The van der Waals surface area contributed by atoms with Crippen LogP contribution < -0.4 is 0 Å². The predicted molar refractivity (Wildman–Crippen MR) is 53.3 cm³/mol. The Kier molecular flexibility index (Phi) is 6.41. The van der Waals surface area contributed by atoms with Gasteiger partial charge in [-0.15, -0.1) is 0 Å². The van der Waals surface area contributed by atoms with E-state index in [4.69, 9.17) is 5.11 Å². The molecule has 186 valence electrons. The molecule has 0 saturated heterocycles. The zero-order chi connectivity index (χ0) is 26.1. The fraction of sp³-hybridized carbons (Fsp3) is 0.900. The maximum Gasteiger partial charge on any atom is 0.460 e. The average Bonchev–Trinajstić information content (AvgIpc) is 2.50. The van der Waals surface area contributed by atoms with Crippen LogP contribution in [-0.2, 0) is 4.79 Å². The summed E-state index contributed by atoms with van der Waals surface area (Å²) in [5.41, 5.74) is -7.95. The van der Waals surface area contributed by atoms with E-state index >= 15 is 0 Å². The van der Waals surface area contributed by atoms with E-state index in [1.165, 1.54) is 0 Å². The molecule has 0 aromatic carbocycles. The van der Waals surface area contributed by atoms with Crippen LogP contribution in [0.2, 0.25) is 0 Å². The van der Waals surface area contributed by atoms with Gasteiger partial charge in [0.05, 0.1) is 0 Å². The molecule has 0 amide bonds. The van der Waals surface area contributed by atoms with Gasteiger partial charge in [-0.25, -0.2) is 9.18 Å². The Labute approximate surface area is 154 Å². The summed E-state index contributed by atoms with van der Waals surface area (Å²) in [5.74, 6) is -57.7. The summed E-state index contributed by atoms with van der Waals surface area (Å²) in [6.45, 7) is 0. The van der Waals surface area contributed by atoms with Gasteiger partial charge in [-0.1, -0.05) is 0 Å². The van der Waals surface area contributed by atoms with Gasteiger partial charge in [-0.2, -0.15) is 79.0 Å². The lowest BCUT2D eigenvalue weighted by molar-refractivity contribution is -0.462. The number of rotatable bonds is 7. The van der Waals surface area contributed by atoms with Gasteiger partial charge in [0.25, 0.3) is 0 Å². The molecule has 1 N–H and O–H groups in total. The Morgan fingerprint density at radius 3 is 0.806 bits per heavy atom. The van der Waals surface area contributed by atoms with Crippen LogP contribution in [-0.4, -0.2) is 64.6 Å². The van der Waals surface area contributed by atoms with Crippen LogP contribution in [0.1, 0.15) is 0 Å². The monoisotopic (exact) mass is 514 g/mol. The highest BCUT2D eigenvalue weighted by Crippen LogP contribution is 2.65. The van der Waals surface area contributed by atoms with Crippen molar-refractivity contribution in [2.75, 3.05) is 0 Å². The highest BCUT2D eigenvalue weighted by atomic mass is 19.4. The molecule has 0 spiro atoms. The molecule has 0 aliphatic rings. The first-order valence-corrected chi connectivity index (χ1v) is 6.27. The van der Waals surface area contributed by atoms with Crippen LogP contribution in [0.5, 0.6) is 0 Å². The van der Waals surface area contributed by atoms with Crippen molar-refractivity contribution in [3.63, 3.8) is 0 Å². The van der Waals surface area contributed by atoms with Crippen molar-refractivity contribution in [3.05, 3.63) is 0 Å². The summed E-state index contributed by atoms with van der Waals surface area (Å²) >= 11 is 0. The van der Waals surface area contributed by atoms with Gasteiger partial charge in [0.15, 0.2) is 0 Å². The fourth-order valence-corrected chi connectivity index (χ4v) is 1.62. The predicted octanol–water partition coefficient (Wildman–Crippen LogP) is 5.72. The number of carbonyl (C=O) groups is 1. The number of hydrogen-bond donors (Lipinski definition) is 1. The highest BCUT2D eigenvalue weighted by molar-refractivity contribution is 5.80. The van der Waals surface area contributed by atoms with Crippen LogP contribution in [0.3, 0.4) is 0 Å². The molecule has 0 heterocycles. The van der Waals surface area contributed by atoms with Crippen molar-refractivity contribution in [2.24, 2.45) is 0 Å². The highest BCUT2D eigenvalue weighted by Gasteiger charge is 2.97. The van der Waals surface area contributed by atoms with E-state index in [1.54, 1.807) is 0 Å². The minimum Gasteiger partial charge on any atom is -0.478 e. The maximum atomic E-state index is 13.3. The lowest BCUT2D eigenvalue weighted by Crippen LogP contribution is -2.77. The smallest absolute Gasteiger partial charge is 0.460 e. The molecule has 0 aromatic heterocycles. The normalized spacial score (nSPS) is 18.0. The Balaban J connectivity index is 7.08. The molecule has 0 saturated carbocycles. The molecule has 1 atom stereocenters. The number of carboxylic acids is 1. The molecule has 0 aromatic rings. The van der Waals surface area contributed by atoms with Crippen molar-refractivity contribution in [1.29, 1.82) is 0 Å². The molecule has 0 aliphatic heterocycles. The van der Waals surface area contributed by atoms with Crippen LogP contribution in [0.4, 0.5) is 83.4 Å². The van der Waals surface area contributed by atoms with Crippen LogP contribution in [0, 0.1) is 0 Å². The van der Waals surface area contributed by atoms with E-state index in [0.717, 1.165) is 0 Å². The molecule has 1 unspecified atom stereocenters. The molecular weight excluding hydrogens is 513 g/mol. The van der Waals surface area contributed by atoms with E-state index in [0.29, 0.717) is 0 Å². The van der Waals surface area contributed by atoms with Crippen molar-refractivity contribution in [2.45, 2.75) is 53.6 Å². The zero-order valence-electron chi connectivity index (χ0n) is 13.0. The van der Waals surface area contributed by atoms with E-state index in [1.807, 2.05) is 0 Å². The van der Waals surface area contributed by atoms with E-state index in [9.17, 15) is 88.2 Å². The summed E-state index contributed by atoms with van der Waals surface area (Å²) in [6, 6.07) is 0. The molecule has 31 heavy (non-hydrogen) atoms. The van der Waals surface area contributed by atoms with Gasteiger partial charge < -0.3 is 5.11 Å². The topological polar surface area (TPSA) is 37.3 Å². The lowest BCUT2D eigenvalue weighted by Gasteiger charge is -2.43. The maximum absolute atomic E-state index is 13.3. The van der Waals surface area contributed by atoms with Gasteiger partial charge in [-0.3, -0.25) is 0 Å². The van der Waals surface area contributed by atoms with Crippen molar-refractivity contribution < 1.29 is 93.3 Å². The molecule has 2 nitrogen and oxygen atoms in total. The van der Waals surface area contributed by atoms with Crippen LogP contribution in [0.15, 0.2) is 0 Å². The lowest BCUT2D eigenvalue weighted by atomic mass is 9.84. The van der Waals surface area contributed by atoms with Gasteiger partial charge in [0, 0.05) is 0 Å². The Hall–Kier alpha value is -1.86. The van der Waals surface area contributed by atoms with Crippen LogP contribution in [0.25, 0.3) is 0 Å². The van der Waals surface area contributed by atoms with Gasteiger partial charge >= 0.3 is 59.5 Å². The Morgan fingerprint density at radius 1 is 0.387 bits per heavy atom. The van der Waals surface area contributed by atoms with Crippen molar-refractivity contribution in [1.82, 2.24) is 0 Å². The molecule has 0 aliphatic carbocycles. The second-order valence-corrected chi connectivity index (χ2v) is 5.41. The van der Waals surface area contributed by atoms with Crippen molar-refractivity contribution in [3.8, 4) is 0 Å². The van der Waals surface area contributed by atoms with Crippen molar-refractivity contribution >= 4 is 5.97 Å². The van der Waals surface area contributed by atoms with Crippen LogP contribution >= 0.6 is 0 Å². The molecule has 0 bridgehead atoms. The first kappa shape index (κ1) is 29.1. The quantitative estimate of drug-likeness (QED) is 0.442.